The molecule has 24 heavy (non-hydrogen) atoms. The van der Waals surface area contributed by atoms with Crippen LogP contribution >= 0.6 is 0 Å². The van der Waals surface area contributed by atoms with Gasteiger partial charge in [0.05, 0.1) is 5.56 Å². The Balaban J connectivity index is 1.86. The molecule has 1 aliphatic rings. The van der Waals surface area contributed by atoms with Crippen LogP contribution in [0.5, 0.6) is 0 Å². The van der Waals surface area contributed by atoms with Crippen molar-refractivity contribution < 1.29 is 19.1 Å². The quantitative estimate of drug-likeness (QED) is 0.836. The molecule has 6 nitrogen and oxygen atoms in total. The molecule has 1 aromatic heterocycles. The Morgan fingerprint density at radius 1 is 1.29 bits per heavy atom. The highest BCUT2D eigenvalue weighted by molar-refractivity contribution is 5.90. The van der Waals surface area contributed by atoms with Crippen molar-refractivity contribution in [2.75, 3.05) is 6.61 Å². The van der Waals surface area contributed by atoms with Gasteiger partial charge in [0.25, 0.3) is 0 Å². The summed E-state index contributed by atoms with van der Waals surface area (Å²) in [6.07, 6.45) is 4.19. The molecule has 1 N–H and O–H groups in total. The van der Waals surface area contributed by atoms with Crippen molar-refractivity contribution in [1.82, 2.24) is 4.98 Å². The van der Waals surface area contributed by atoms with E-state index in [0.29, 0.717) is 17.8 Å². The maximum Gasteiger partial charge on any atom is 0.344 e. The molecule has 3 atom stereocenters. The lowest BCUT2D eigenvalue weighted by Gasteiger charge is -2.36. The number of nitrogens with one attached hydrogen (secondary N) is 1. The van der Waals surface area contributed by atoms with Gasteiger partial charge in [0.15, 0.2) is 6.61 Å². The van der Waals surface area contributed by atoms with E-state index in [1.54, 1.807) is 0 Å². The standard InChI is InChI=1S/C18H25NO5/c1-11(2)14-6-4-12(3)8-15(14)24-17(21)10-23-18(22)13-5-7-16(20)19-9-13/h5,7,9,11-12,14-15H,4,6,8,10H2,1-3H3,(H,19,20)/t12-,14+,15-/m1/s1. The van der Waals surface area contributed by atoms with E-state index in [1.807, 2.05) is 0 Å². The van der Waals surface area contributed by atoms with Gasteiger partial charge >= 0.3 is 11.9 Å². The van der Waals surface area contributed by atoms with E-state index < -0.39 is 18.5 Å². The summed E-state index contributed by atoms with van der Waals surface area (Å²) in [6.45, 7) is 6.01. The number of carbonyl (C=O) groups excluding carboxylic acids is 2. The summed E-state index contributed by atoms with van der Waals surface area (Å²) in [6, 6.07) is 2.58. The molecule has 1 aromatic rings. The maximum absolute atomic E-state index is 12.0. The summed E-state index contributed by atoms with van der Waals surface area (Å²) in [5.41, 5.74) is -0.120. The van der Waals surface area contributed by atoms with Gasteiger partial charge in [-0.25, -0.2) is 9.59 Å². The Morgan fingerprint density at radius 2 is 2.04 bits per heavy atom. The lowest BCUT2D eigenvalue weighted by Crippen LogP contribution is -2.36. The van der Waals surface area contributed by atoms with Gasteiger partial charge < -0.3 is 14.5 Å². The van der Waals surface area contributed by atoms with E-state index in [2.05, 4.69) is 25.8 Å². The second-order valence-corrected chi connectivity index (χ2v) is 6.87. The number of aromatic amines is 1. The summed E-state index contributed by atoms with van der Waals surface area (Å²) < 4.78 is 10.5. The van der Waals surface area contributed by atoms with Crippen LogP contribution in [0.15, 0.2) is 23.1 Å². The van der Waals surface area contributed by atoms with Crippen LogP contribution in [-0.2, 0) is 14.3 Å². The minimum atomic E-state index is -0.666. The Labute approximate surface area is 141 Å². The summed E-state index contributed by atoms with van der Waals surface area (Å²) in [4.78, 5) is 37.2. The lowest BCUT2D eigenvalue weighted by molar-refractivity contribution is -0.159. The van der Waals surface area contributed by atoms with E-state index in [4.69, 9.17) is 9.47 Å². The first-order valence-electron chi connectivity index (χ1n) is 8.42. The van der Waals surface area contributed by atoms with Gasteiger partial charge in [-0.1, -0.05) is 27.2 Å². The number of hydrogen-bond acceptors (Lipinski definition) is 5. The molecule has 1 heterocycles. The first kappa shape index (κ1) is 18.2. The van der Waals surface area contributed by atoms with E-state index >= 15 is 0 Å². The van der Waals surface area contributed by atoms with Crippen LogP contribution in [0.2, 0.25) is 0 Å². The summed E-state index contributed by atoms with van der Waals surface area (Å²) in [5, 5.41) is 0. The molecule has 6 heteroatoms. The third-order valence-corrected chi connectivity index (χ3v) is 4.59. The molecule has 1 fully saturated rings. The van der Waals surface area contributed by atoms with Gasteiger partial charge in [0.2, 0.25) is 5.56 Å². The number of rotatable bonds is 5. The first-order valence-corrected chi connectivity index (χ1v) is 8.42. The van der Waals surface area contributed by atoms with Crippen LogP contribution in [0, 0.1) is 17.8 Å². The topological polar surface area (TPSA) is 85.5 Å². The number of esters is 2. The minimum absolute atomic E-state index is 0.118. The molecule has 0 radical (unpaired) electrons. The van der Waals surface area contributed by atoms with Gasteiger partial charge in [-0.2, -0.15) is 0 Å². The molecule has 0 saturated heterocycles. The smallest absolute Gasteiger partial charge is 0.344 e. The number of H-pyrrole nitrogens is 1. The molecule has 0 spiro atoms. The normalized spacial score (nSPS) is 23.8. The fraction of sp³-hybridized carbons (Fsp3) is 0.611. The van der Waals surface area contributed by atoms with Crippen LogP contribution in [0.4, 0.5) is 0 Å². The van der Waals surface area contributed by atoms with Crippen molar-refractivity contribution in [3.63, 3.8) is 0 Å². The fourth-order valence-electron chi connectivity index (χ4n) is 3.20. The highest BCUT2D eigenvalue weighted by Crippen LogP contribution is 2.35. The molecule has 2 rings (SSSR count). The average Bonchev–Trinajstić information content (AvgIpc) is 2.53. The Kier molecular flexibility index (Phi) is 6.17. The molecule has 0 unspecified atom stereocenters. The predicted octanol–water partition coefficient (Wildman–Crippen LogP) is 2.54. The van der Waals surface area contributed by atoms with Crippen molar-refractivity contribution >= 4 is 11.9 Å². The number of carbonyl (C=O) groups is 2. The van der Waals surface area contributed by atoms with Crippen molar-refractivity contribution in [1.29, 1.82) is 0 Å². The number of ether oxygens (including phenoxy) is 2. The van der Waals surface area contributed by atoms with Crippen LogP contribution in [0.1, 0.15) is 50.4 Å². The van der Waals surface area contributed by atoms with Crippen LogP contribution < -0.4 is 5.56 Å². The SMILES string of the molecule is CC(C)[C@@H]1CC[C@@H](C)C[C@H]1OC(=O)COC(=O)c1ccc(=O)[nH]c1. The van der Waals surface area contributed by atoms with Crippen molar-refractivity contribution in [3.05, 3.63) is 34.2 Å². The zero-order valence-electron chi connectivity index (χ0n) is 14.4. The van der Waals surface area contributed by atoms with Crippen LogP contribution in [0.25, 0.3) is 0 Å². The second kappa shape index (κ2) is 8.13. The maximum atomic E-state index is 12.0. The number of aromatic nitrogens is 1. The Hall–Kier alpha value is -2.11. The van der Waals surface area contributed by atoms with Gasteiger partial charge in [-0.15, -0.1) is 0 Å². The van der Waals surface area contributed by atoms with Gasteiger partial charge in [0.1, 0.15) is 6.10 Å². The van der Waals surface area contributed by atoms with Gasteiger partial charge in [0, 0.05) is 12.3 Å². The molecule has 0 aromatic carbocycles. The predicted molar refractivity (Wildman–Crippen MR) is 88.6 cm³/mol. The molecule has 132 valence electrons. The summed E-state index contributed by atoms with van der Waals surface area (Å²) >= 11 is 0. The fourth-order valence-corrected chi connectivity index (χ4v) is 3.20. The van der Waals surface area contributed by atoms with Gasteiger partial charge in [-0.3, -0.25) is 4.79 Å². The minimum Gasteiger partial charge on any atom is -0.460 e. The Bertz CT molecular complexity index is 616. The highest BCUT2D eigenvalue weighted by atomic mass is 16.6. The van der Waals surface area contributed by atoms with Gasteiger partial charge in [-0.05, 0) is 36.7 Å². The lowest BCUT2D eigenvalue weighted by atomic mass is 9.75. The molecule has 0 amide bonds. The molecular weight excluding hydrogens is 310 g/mol. The molecule has 1 saturated carbocycles. The van der Waals surface area contributed by atoms with Crippen molar-refractivity contribution in [2.24, 2.45) is 17.8 Å². The van der Waals surface area contributed by atoms with E-state index in [9.17, 15) is 14.4 Å². The highest BCUT2D eigenvalue weighted by Gasteiger charge is 2.33. The molecule has 1 aliphatic carbocycles. The van der Waals surface area contributed by atoms with Crippen LogP contribution in [0.3, 0.4) is 0 Å². The first-order chi connectivity index (χ1) is 11.4. The molecular formula is C18H25NO5. The van der Waals surface area contributed by atoms with Crippen molar-refractivity contribution in [3.8, 4) is 0 Å². The largest absolute Gasteiger partial charge is 0.460 e. The Morgan fingerprint density at radius 3 is 2.67 bits per heavy atom. The van der Waals surface area contributed by atoms with Crippen LogP contribution in [-0.4, -0.2) is 29.6 Å². The third-order valence-electron chi connectivity index (χ3n) is 4.59. The van der Waals surface area contributed by atoms with E-state index in [1.165, 1.54) is 18.3 Å². The average molecular weight is 335 g/mol. The zero-order chi connectivity index (χ0) is 17.7. The third kappa shape index (κ3) is 4.94. The summed E-state index contributed by atoms with van der Waals surface area (Å²) in [5.74, 6) is 0.124. The van der Waals surface area contributed by atoms with Crippen molar-refractivity contribution in [2.45, 2.75) is 46.1 Å². The zero-order valence-corrected chi connectivity index (χ0v) is 14.4. The van der Waals surface area contributed by atoms with E-state index in [0.717, 1.165) is 19.3 Å². The molecule has 0 aliphatic heterocycles. The number of hydrogen-bond donors (Lipinski definition) is 1. The summed E-state index contributed by atoms with van der Waals surface area (Å²) in [7, 11) is 0. The number of pyridine rings is 1. The molecule has 0 bridgehead atoms. The monoisotopic (exact) mass is 335 g/mol. The second-order valence-electron chi connectivity index (χ2n) is 6.87. The van der Waals surface area contributed by atoms with E-state index in [-0.39, 0.29) is 17.2 Å².